The van der Waals surface area contributed by atoms with Crippen LogP contribution < -0.4 is 5.32 Å². The molecule has 0 bridgehead atoms. The Balaban J connectivity index is 1.59. The fourth-order valence-electron chi connectivity index (χ4n) is 3.21. The van der Waals surface area contributed by atoms with Crippen molar-refractivity contribution in [2.45, 2.75) is 25.8 Å². The molecule has 5 nitrogen and oxygen atoms in total. The number of nitrogens with one attached hydrogen (secondary N) is 1. The van der Waals surface area contributed by atoms with Gasteiger partial charge in [0.05, 0.1) is 6.20 Å². The van der Waals surface area contributed by atoms with E-state index in [9.17, 15) is 0 Å². The maximum absolute atomic E-state index is 4.45. The highest BCUT2D eigenvalue weighted by molar-refractivity contribution is 5.80. The largest absolute Gasteiger partial charge is 0.352 e. The van der Waals surface area contributed by atoms with Gasteiger partial charge in [0.15, 0.2) is 5.96 Å². The van der Waals surface area contributed by atoms with Crippen molar-refractivity contribution in [3.8, 4) is 0 Å². The number of guanidine groups is 1. The molecule has 0 radical (unpaired) electrons. The van der Waals surface area contributed by atoms with Crippen LogP contribution in [0.3, 0.4) is 0 Å². The lowest BCUT2D eigenvalue weighted by molar-refractivity contribution is 0.486. The van der Waals surface area contributed by atoms with Gasteiger partial charge in [-0.2, -0.15) is 5.10 Å². The van der Waals surface area contributed by atoms with Crippen LogP contribution in [0.15, 0.2) is 41.7 Å². The molecule has 1 N–H and O–H groups in total. The summed E-state index contributed by atoms with van der Waals surface area (Å²) in [7, 11) is 3.83. The van der Waals surface area contributed by atoms with E-state index in [1.807, 2.05) is 25.0 Å². The number of benzene rings is 1. The van der Waals surface area contributed by atoms with E-state index < -0.39 is 0 Å². The normalized spacial score (nSPS) is 18.5. The number of hydrogen-bond acceptors (Lipinski definition) is 2. The zero-order valence-corrected chi connectivity index (χ0v) is 14.2. The SMILES string of the molecule is CN=C(NCc1cccc(C)c1)N1CCC(c2cnn(C)c2)C1. The lowest BCUT2D eigenvalue weighted by Crippen LogP contribution is -2.39. The molecule has 2 aromatic rings. The van der Waals surface area contributed by atoms with Crippen LogP contribution in [0.2, 0.25) is 0 Å². The molecule has 1 atom stereocenters. The van der Waals surface area contributed by atoms with Crippen LogP contribution in [0.4, 0.5) is 0 Å². The summed E-state index contributed by atoms with van der Waals surface area (Å²) in [5.74, 6) is 1.53. The van der Waals surface area contributed by atoms with Crippen molar-refractivity contribution in [2.75, 3.05) is 20.1 Å². The second-order valence-corrected chi connectivity index (χ2v) is 6.27. The Kier molecular flexibility index (Phi) is 4.65. The topological polar surface area (TPSA) is 45.5 Å². The Morgan fingerprint density at radius 1 is 1.43 bits per heavy atom. The Hall–Kier alpha value is -2.30. The number of likely N-dealkylation sites (tertiary alicyclic amines) is 1. The van der Waals surface area contributed by atoms with Gasteiger partial charge in [0.1, 0.15) is 0 Å². The third-order valence-corrected chi connectivity index (χ3v) is 4.43. The summed E-state index contributed by atoms with van der Waals surface area (Å²) in [5.41, 5.74) is 3.90. The van der Waals surface area contributed by atoms with Crippen molar-refractivity contribution in [1.82, 2.24) is 20.0 Å². The van der Waals surface area contributed by atoms with E-state index in [1.165, 1.54) is 16.7 Å². The van der Waals surface area contributed by atoms with E-state index in [0.717, 1.165) is 32.0 Å². The fraction of sp³-hybridized carbons (Fsp3) is 0.444. The van der Waals surface area contributed by atoms with Crippen molar-refractivity contribution >= 4 is 5.96 Å². The summed E-state index contributed by atoms with van der Waals surface area (Å²) in [6, 6.07) is 8.58. The van der Waals surface area contributed by atoms with Crippen molar-refractivity contribution in [3.63, 3.8) is 0 Å². The molecule has 1 saturated heterocycles. The molecule has 0 aliphatic carbocycles. The average Bonchev–Trinajstić information content (AvgIpc) is 3.17. The quantitative estimate of drug-likeness (QED) is 0.699. The van der Waals surface area contributed by atoms with Gasteiger partial charge in [-0.3, -0.25) is 9.67 Å². The molecule has 3 rings (SSSR count). The number of aryl methyl sites for hydroxylation is 2. The standard InChI is InChI=1S/C18H25N5/c1-14-5-4-6-15(9-14)10-20-18(19-2)23-8-7-16(13-23)17-11-21-22(3)12-17/h4-6,9,11-12,16H,7-8,10,13H2,1-3H3,(H,19,20). The maximum Gasteiger partial charge on any atom is 0.193 e. The molecule has 0 spiro atoms. The van der Waals surface area contributed by atoms with Gasteiger partial charge in [-0.05, 0) is 24.5 Å². The summed E-state index contributed by atoms with van der Waals surface area (Å²) in [6.45, 7) is 4.96. The number of rotatable bonds is 3. The van der Waals surface area contributed by atoms with E-state index in [0.29, 0.717) is 5.92 Å². The summed E-state index contributed by atoms with van der Waals surface area (Å²) in [5, 5.41) is 7.77. The molecule has 1 aliphatic heterocycles. The number of aliphatic imine (C=N–C) groups is 1. The Morgan fingerprint density at radius 3 is 3.00 bits per heavy atom. The number of hydrogen-bond donors (Lipinski definition) is 1. The lowest BCUT2D eigenvalue weighted by Gasteiger charge is -2.21. The first-order chi connectivity index (χ1) is 11.2. The van der Waals surface area contributed by atoms with Crippen LogP contribution in [0.5, 0.6) is 0 Å². The molecule has 1 aromatic heterocycles. The highest BCUT2D eigenvalue weighted by atomic mass is 15.3. The molecule has 1 aromatic carbocycles. The summed E-state index contributed by atoms with van der Waals surface area (Å²) in [4.78, 5) is 6.79. The first kappa shape index (κ1) is 15.6. The molecule has 1 fully saturated rings. The van der Waals surface area contributed by atoms with E-state index >= 15 is 0 Å². The molecule has 1 aliphatic rings. The van der Waals surface area contributed by atoms with Crippen LogP contribution in [0.25, 0.3) is 0 Å². The Morgan fingerprint density at radius 2 is 2.30 bits per heavy atom. The van der Waals surface area contributed by atoms with E-state index in [-0.39, 0.29) is 0 Å². The molecule has 2 heterocycles. The molecule has 23 heavy (non-hydrogen) atoms. The smallest absolute Gasteiger partial charge is 0.193 e. The predicted octanol–water partition coefficient (Wildman–Crippen LogP) is 2.29. The van der Waals surface area contributed by atoms with Crippen LogP contribution in [0, 0.1) is 6.92 Å². The molecule has 1 unspecified atom stereocenters. The molecular weight excluding hydrogens is 286 g/mol. The van der Waals surface area contributed by atoms with Gasteiger partial charge in [-0.25, -0.2) is 0 Å². The molecule has 5 heteroatoms. The second kappa shape index (κ2) is 6.86. The zero-order chi connectivity index (χ0) is 16.2. The average molecular weight is 311 g/mol. The Labute approximate surface area is 138 Å². The van der Waals surface area contributed by atoms with Gasteiger partial charge in [0, 0.05) is 45.8 Å². The molecule has 0 saturated carbocycles. The van der Waals surface area contributed by atoms with Crippen LogP contribution in [-0.4, -0.2) is 40.8 Å². The van der Waals surface area contributed by atoms with Gasteiger partial charge in [0.2, 0.25) is 0 Å². The van der Waals surface area contributed by atoms with Crippen molar-refractivity contribution in [3.05, 3.63) is 53.3 Å². The highest BCUT2D eigenvalue weighted by Crippen LogP contribution is 2.26. The predicted molar refractivity (Wildman–Crippen MR) is 93.5 cm³/mol. The van der Waals surface area contributed by atoms with Crippen LogP contribution in [-0.2, 0) is 13.6 Å². The molecular formula is C18H25N5. The number of nitrogens with zero attached hydrogens (tertiary/aromatic N) is 4. The minimum Gasteiger partial charge on any atom is -0.352 e. The zero-order valence-electron chi connectivity index (χ0n) is 14.2. The second-order valence-electron chi connectivity index (χ2n) is 6.27. The van der Waals surface area contributed by atoms with Crippen molar-refractivity contribution in [2.24, 2.45) is 12.0 Å². The molecule has 0 amide bonds. The van der Waals surface area contributed by atoms with Crippen LogP contribution >= 0.6 is 0 Å². The maximum atomic E-state index is 4.45. The summed E-state index contributed by atoms with van der Waals surface area (Å²) >= 11 is 0. The number of aromatic nitrogens is 2. The lowest BCUT2D eigenvalue weighted by atomic mass is 10.0. The summed E-state index contributed by atoms with van der Waals surface area (Å²) in [6.07, 6.45) is 5.26. The van der Waals surface area contributed by atoms with Gasteiger partial charge < -0.3 is 10.2 Å². The monoisotopic (exact) mass is 311 g/mol. The molecule has 122 valence electrons. The van der Waals surface area contributed by atoms with E-state index in [2.05, 4.69) is 57.7 Å². The van der Waals surface area contributed by atoms with Gasteiger partial charge in [-0.1, -0.05) is 29.8 Å². The highest BCUT2D eigenvalue weighted by Gasteiger charge is 2.26. The van der Waals surface area contributed by atoms with E-state index in [1.54, 1.807) is 0 Å². The van der Waals surface area contributed by atoms with Gasteiger partial charge in [0.25, 0.3) is 0 Å². The fourth-order valence-corrected chi connectivity index (χ4v) is 3.21. The minimum absolute atomic E-state index is 0.543. The van der Waals surface area contributed by atoms with Crippen LogP contribution in [0.1, 0.15) is 29.0 Å². The third kappa shape index (κ3) is 3.73. The minimum atomic E-state index is 0.543. The van der Waals surface area contributed by atoms with E-state index in [4.69, 9.17) is 0 Å². The van der Waals surface area contributed by atoms with Gasteiger partial charge in [-0.15, -0.1) is 0 Å². The Bertz CT molecular complexity index is 688. The van der Waals surface area contributed by atoms with Gasteiger partial charge >= 0.3 is 0 Å². The van der Waals surface area contributed by atoms with Crippen molar-refractivity contribution < 1.29 is 0 Å². The third-order valence-electron chi connectivity index (χ3n) is 4.43. The summed E-state index contributed by atoms with van der Waals surface area (Å²) < 4.78 is 1.88. The first-order valence-electron chi connectivity index (χ1n) is 8.15. The first-order valence-corrected chi connectivity index (χ1v) is 8.15. The van der Waals surface area contributed by atoms with Crippen molar-refractivity contribution in [1.29, 1.82) is 0 Å².